The summed E-state index contributed by atoms with van der Waals surface area (Å²) in [5.41, 5.74) is 4.86. The number of hydrogen-bond acceptors (Lipinski definition) is 6. The van der Waals surface area contributed by atoms with Crippen molar-refractivity contribution in [2.24, 2.45) is 0 Å². The Kier molecular flexibility index (Phi) is 7.98. The van der Waals surface area contributed by atoms with Gasteiger partial charge in [0, 0.05) is 36.2 Å². The molecule has 0 N–H and O–H groups in total. The molecule has 1 aromatic heterocycles. The smallest absolute Gasteiger partial charge is 0.254 e. The van der Waals surface area contributed by atoms with Gasteiger partial charge in [-0.3, -0.25) is 4.79 Å². The highest BCUT2D eigenvalue weighted by Crippen LogP contribution is 2.38. The topological polar surface area (TPSA) is 70.1 Å². The van der Waals surface area contributed by atoms with E-state index < -0.39 is 0 Å². The zero-order chi connectivity index (χ0) is 27.4. The van der Waals surface area contributed by atoms with Crippen molar-refractivity contribution in [3.63, 3.8) is 0 Å². The molecule has 1 aliphatic rings. The Morgan fingerprint density at radius 1 is 0.949 bits per heavy atom. The monoisotopic (exact) mass is 526 g/mol. The standard InChI is InChI=1S/C32H34N2O5/c1-21-11-13-22(14-12-21)32(35)34(20-24-8-7-17-39-24)19-23-18-26-28(37-3)15-16-29(38-4)31(26)33-30(23)25-9-5-6-10-27(25)36-2/h5-6,9-16,18,24H,7-8,17,19-20H2,1-4H3/t24-/m1/s1. The van der Waals surface area contributed by atoms with Gasteiger partial charge in [-0.1, -0.05) is 29.8 Å². The summed E-state index contributed by atoms with van der Waals surface area (Å²) < 4.78 is 23.0. The summed E-state index contributed by atoms with van der Waals surface area (Å²) >= 11 is 0. The first-order chi connectivity index (χ1) is 19.0. The van der Waals surface area contributed by atoms with Crippen LogP contribution < -0.4 is 14.2 Å². The number of ether oxygens (including phenoxy) is 4. The number of nitrogens with zero attached hydrogens (tertiary/aromatic N) is 2. The largest absolute Gasteiger partial charge is 0.496 e. The number of aryl methyl sites for hydroxylation is 1. The first kappa shape index (κ1) is 26.5. The second-order valence-electron chi connectivity index (χ2n) is 9.75. The van der Waals surface area contributed by atoms with E-state index in [1.54, 1.807) is 21.3 Å². The number of amides is 1. The lowest BCUT2D eigenvalue weighted by Crippen LogP contribution is -2.37. The van der Waals surface area contributed by atoms with E-state index in [0.717, 1.165) is 47.2 Å². The van der Waals surface area contributed by atoms with Crippen molar-refractivity contribution in [3.8, 4) is 28.5 Å². The molecule has 0 unspecified atom stereocenters. The molecule has 3 aromatic carbocycles. The normalized spacial score (nSPS) is 14.8. The van der Waals surface area contributed by atoms with Crippen molar-refractivity contribution in [1.29, 1.82) is 0 Å². The Morgan fingerprint density at radius 3 is 2.36 bits per heavy atom. The maximum absolute atomic E-state index is 13.9. The second kappa shape index (κ2) is 11.7. The molecule has 0 aliphatic carbocycles. The lowest BCUT2D eigenvalue weighted by Gasteiger charge is -2.27. The zero-order valence-corrected chi connectivity index (χ0v) is 22.9. The van der Waals surface area contributed by atoms with E-state index in [9.17, 15) is 4.79 Å². The average Bonchev–Trinajstić information content (AvgIpc) is 3.49. The number of benzene rings is 3. The first-order valence-electron chi connectivity index (χ1n) is 13.2. The van der Waals surface area contributed by atoms with Crippen LogP contribution in [0.1, 0.15) is 34.3 Å². The minimum atomic E-state index is -0.0471. The van der Waals surface area contributed by atoms with E-state index in [2.05, 4.69) is 6.07 Å². The Bertz CT molecular complexity index is 1460. The lowest BCUT2D eigenvalue weighted by atomic mass is 10.0. The van der Waals surface area contributed by atoms with Gasteiger partial charge in [0.2, 0.25) is 0 Å². The number of carbonyl (C=O) groups is 1. The maximum atomic E-state index is 13.9. The molecular weight excluding hydrogens is 492 g/mol. The third kappa shape index (κ3) is 5.54. The zero-order valence-electron chi connectivity index (χ0n) is 22.9. The Balaban J connectivity index is 1.67. The van der Waals surface area contributed by atoms with Gasteiger partial charge in [0.25, 0.3) is 5.91 Å². The van der Waals surface area contributed by atoms with E-state index >= 15 is 0 Å². The second-order valence-corrected chi connectivity index (χ2v) is 9.75. The van der Waals surface area contributed by atoms with Crippen LogP contribution in [-0.4, -0.2) is 56.4 Å². The highest BCUT2D eigenvalue weighted by atomic mass is 16.5. The fourth-order valence-electron chi connectivity index (χ4n) is 5.12. The van der Waals surface area contributed by atoms with Crippen molar-refractivity contribution in [2.45, 2.75) is 32.4 Å². The predicted octanol–water partition coefficient (Wildman–Crippen LogP) is 6.06. The molecule has 1 aliphatic heterocycles. The molecule has 4 aromatic rings. The number of rotatable bonds is 9. The molecule has 1 atom stereocenters. The third-order valence-corrected chi connectivity index (χ3v) is 7.18. The quantitative estimate of drug-likeness (QED) is 0.264. The molecule has 0 saturated carbocycles. The van der Waals surface area contributed by atoms with Crippen molar-refractivity contribution in [2.75, 3.05) is 34.5 Å². The SMILES string of the molecule is COc1ccccc1-c1nc2c(OC)ccc(OC)c2cc1CN(C[C@H]1CCCO1)C(=O)c1ccc(C)cc1. The van der Waals surface area contributed by atoms with Crippen LogP contribution in [0.15, 0.2) is 66.7 Å². The van der Waals surface area contributed by atoms with E-state index in [4.69, 9.17) is 23.9 Å². The van der Waals surface area contributed by atoms with Crippen LogP contribution in [0.2, 0.25) is 0 Å². The van der Waals surface area contributed by atoms with Gasteiger partial charge in [-0.15, -0.1) is 0 Å². The molecule has 7 heteroatoms. The van der Waals surface area contributed by atoms with Crippen LogP contribution in [0.4, 0.5) is 0 Å². The van der Waals surface area contributed by atoms with Gasteiger partial charge in [0.05, 0.1) is 33.1 Å². The summed E-state index contributed by atoms with van der Waals surface area (Å²) in [6, 6.07) is 21.2. The van der Waals surface area contributed by atoms with Crippen LogP contribution in [0.5, 0.6) is 17.2 Å². The molecule has 0 bridgehead atoms. The Morgan fingerprint density at radius 2 is 1.67 bits per heavy atom. The first-order valence-corrected chi connectivity index (χ1v) is 13.2. The van der Waals surface area contributed by atoms with Crippen molar-refractivity contribution >= 4 is 16.8 Å². The molecule has 0 spiro atoms. The number of methoxy groups -OCH3 is 3. The number of pyridine rings is 1. The minimum Gasteiger partial charge on any atom is -0.496 e. The predicted molar refractivity (Wildman–Crippen MR) is 152 cm³/mol. The molecule has 1 fully saturated rings. The van der Waals surface area contributed by atoms with Gasteiger partial charge in [0.1, 0.15) is 22.8 Å². The number of fused-ring (bicyclic) bond motifs is 1. The highest BCUT2D eigenvalue weighted by molar-refractivity contribution is 5.95. The third-order valence-electron chi connectivity index (χ3n) is 7.18. The van der Waals surface area contributed by atoms with Gasteiger partial charge in [-0.05, 0) is 67.8 Å². The van der Waals surface area contributed by atoms with Gasteiger partial charge in [-0.2, -0.15) is 0 Å². The summed E-state index contributed by atoms with van der Waals surface area (Å²) in [6.45, 7) is 3.56. The number of para-hydroxylation sites is 1. The van der Waals surface area contributed by atoms with Gasteiger partial charge in [-0.25, -0.2) is 4.98 Å². The Hall–Kier alpha value is -4.10. The molecule has 39 heavy (non-hydrogen) atoms. The molecule has 5 rings (SSSR count). The lowest BCUT2D eigenvalue weighted by molar-refractivity contribution is 0.0507. The Labute approximate surface area is 229 Å². The number of aromatic nitrogens is 1. The fraction of sp³-hybridized carbons (Fsp3) is 0.312. The summed E-state index contributed by atoms with van der Waals surface area (Å²) in [6.07, 6.45) is 1.92. The highest BCUT2D eigenvalue weighted by Gasteiger charge is 2.26. The van der Waals surface area contributed by atoms with Crippen LogP contribution in [0.25, 0.3) is 22.2 Å². The van der Waals surface area contributed by atoms with E-state index in [0.29, 0.717) is 41.4 Å². The van der Waals surface area contributed by atoms with Crippen molar-refractivity contribution < 1.29 is 23.7 Å². The minimum absolute atomic E-state index is 0.00263. The fourth-order valence-corrected chi connectivity index (χ4v) is 5.12. The molecule has 1 amide bonds. The van der Waals surface area contributed by atoms with E-state index in [1.807, 2.05) is 72.5 Å². The van der Waals surface area contributed by atoms with E-state index in [-0.39, 0.29) is 12.0 Å². The van der Waals surface area contributed by atoms with Crippen molar-refractivity contribution in [1.82, 2.24) is 9.88 Å². The molecule has 0 radical (unpaired) electrons. The van der Waals surface area contributed by atoms with Crippen LogP contribution >= 0.6 is 0 Å². The summed E-state index contributed by atoms with van der Waals surface area (Å²) in [7, 11) is 4.91. The molecule has 7 nitrogen and oxygen atoms in total. The molecule has 202 valence electrons. The van der Waals surface area contributed by atoms with Crippen molar-refractivity contribution in [3.05, 3.63) is 83.4 Å². The van der Waals surface area contributed by atoms with Gasteiger partial charge < -0.3 is 23.8 Å². The summed E-state index contributed by atoms with van der Waals surface area (Å²) in [5.74, 6) is 1.97. The van der Waals surface area contributed by atoms with Crippen LogP contribution in [0, 0.1) is 6.92 Å². The molecular formula is C32H34N2O5. The van der Waals surface area contributed by atoms with Crippen LogP contribution in [0.3, 0.4) is 0 Å². The maximum Gasteiger partial charge on any atom is 0.254 e. The molecule has 2 heterocycles. The van der Waals surface area contributed by atoms with Crippen LogP contribution in [-0.2, 0) is 11.3 Å². The van der Waals surface area contributed by atoms with Gasteiger partial charge >= 0.3 is 0 Å². The van der Waals surface area contributed by atoms with E-state index in [1.165, 1.54) is 0 Å². The summed E-state index contributed by atoms with van der Waals surface area (Å²) in [4.78, 5) is 20.9. The summed E-state index contributed by atoms with van der Waals surface area (Å²) in [5, 5.41) is 0.811. The molecule has 1 saturated heterocycles. The van der Waals surface area contributed by atoms with Gasteiger partial charge in [0.15, 0.2) is 0 Å². The number of carbonyl (C=O) groups excluding carboxylic acids is 1. The average molecular weight is 527 g/mol. The number of hydrogen-bond donors (Lipinski definition) is 0.